The highest BCUT2D eigenvalue weighted by Gasteiger charge is 2.18. The van der Waals surface area contributed by atoms with Gasteiger partial charge in [0, 0.05) is 12.0 Å². The number of primary amides is 1. The van der Waals surface area contributed by atoms with Gasteiger partial charge in [-0.2, -0.15) is 5.26 Å². The summed E-state index contributed by atoms with van der Waals surface area (Å²) in [6, 6.07) is 6.21. The summed E-state index contributed by atoms with van der Waals surface area (Å²) in [6.45, 7) is 0. The summed E-state index contributed by atoms with van der Waals surface area (Å²) >= 11 is 0. The van der Waals surface area contributed by atoms with Crippen molar-refractivity contribution >= 4 is 11.8 Å². The smallest absolute Gasteiger partial charge is 0.252 e. The predicted octanol–water partition coefficient (Wildman–Crippen LogP) is 1.10. The highest BCUT2D eigenvalue weighted by atomic mass is 19.1. The van der Waals surface area contributed by atoms with Crippen LogP contribution in [-0.4, -0.2) is 17.9 Å². The number of nitrogens with two attached hydrogens (primary N) is 1. The van der Waals surface area contributed by atoms with E-state index in [4.69, 9.17) is 11.0 Å². The van der Waals surface area contributed by atoms with Gasteiger partial charge >= 0.3 is 0 Å². The summed E-state index contributed by atoms with van der Waals surface area (Å²) < 4.78 is 13.0. The maximum atomic E-state index is 13.0. The van der Waals surface area contributed by atoms with Crippen LogP contribution in [0.4, 0.5) is 4.39 Å². The molecule has 2 amide bonds. The molecule has 0 aliphatic carbocycles. The van der Waals surface area contributed by atoms with E-state index in [-0.39, 0.29) is 18.4 Å². The van der Waals surface area contributed by atoms with Gasteiger partial charge in [-0.25, -0.2) is 4.39 Å². The van der Waals surface area contributed by atoms with E-state index in [1.165, 1.54) is 18.2 Å². The van der Waals surface area contributed by atoms with Gasteiger partial charge in [0.1, 0.15) is 11.9 Å². The van der Waals surface area contributed by atoms with E-state index < -0.39 is 23.7 Å². The van der Waals surface area contributed by atoms with Gasteiger partial charge in [-0.1, -0.05) is 6.07 Å². The van der Waals surface area contributed by atoms with Crippen LogP contribution in [0.25, 0.3) is 0 Å². The van der Waals surface area contributed by atoms with E-state index in [0.717, 1.165) is 6.07 Å². The van der Waals surface area contributed by atoms with Crippen molar-refractivity contribution in [3.8, 4) is 6.07 Å². The van der Waals surface area contributed by atoms with Crippen LogP contribution in [0.15, 0.2) is 24.3 Å². The van der Waals surface area contributed by atoms with Crippen LogP contribution in [0, 0.1) is 17.1 Å². The summed E-state index contributed by atoms with van der Waals surface area (Å²) in [7, 11) is 0. The highest BCUT2D eigenvalue weighted by Crippen LogP contribution is 2.06. The number of nitrogens with zero attached hydrogens (tertiary/aromatic N) is 1. The molecule has 0 saturated heterocycles. The van der Waals surface area contributed by atoms with E-state index in [1.54, 1.807) is 0 Å². The largest absolute Gasteiger partial charge is 0.368 e. The van der Waals surface area contributed by atoms with Crippen LogP contribution < -0.4 is 11.1 Å². The fraction of sp³-hybridized carbons (Fsp3) is 0.308. The number of nitriles is 1. The molecule has 1 atom stereocenters. The Balaban J connectivity index is 2.66. The SMILES string of the molecule is N#CCCC[C@@H](NC(=O)c1cccc(F)c1)C(N)=O. The Morgan fingerprint density at radius 2 is 2.21 bits per heavy atom. The first-order valence-corrected chi connectivity index (χ1v) is 5.77. The zero-order chi connectivity index (χ0) is 14.3. The first kappa shape index (κ1) is 14.6. The molecule has 1 aromatic carbocycles. The number of hydrogen-bond donors (Lipinski definition) is 2. The molecule has 0 aliphatic heterocycles. The van der Waals surface area contributed by atoms with Crippen molar-refractivity contribution in [1.29, 1.82) is 5.26 Å². The summed E-state index contributed by atoms with van der Waals surface area (Å²) in [5.74, 6) is -1.78. The summed E-state index contributed by atoms with van der Waals surface area (Å²) in [6.07, 6.45) is 1.01. The van der Waals surface area contributed by atoms with Gasteiger partial charge in [0.2, 0.25) is 5.91 Å². The molecule has 1 aromatic rings. The maximum Gasteiger partial charge on any atom is 0.252 e. The topological polar surface area (TPSA) is 96.0 Å². The number of unbranched alkanes of at least 4 members (excludes halogenated alkanes) is 1. The van der Waals surface area contributed by atoms with Crippen LogP contribution in [0.2, 0.25) is 0 Å². The third-order valence-electron chi connectivity index (χ3n) is 2.52. The lowest BCUT2D eigenvalue weighted by atomic mass is 10.1. The van der Waals surface area contributed by atoms with E-state index >= 15 is 0 Å². The average Bonchev–Trinajstić information content (AvgIpc) is 2.37. The van der Waals surface area contributed by atoms with Crippen LogP contribution >= 0.6 is 0 Å². The Morgan fingerprint density at radius 3 is 2.79 bits per heavy atom. The monoisotopic (exact) mass is 263 g/mol. The van der Waals surface area contributed by atoms with Gasteiger partial charge in [0.25, 0.3) is 5.91 Å². The summed E-state index contributed by atoms with van der Waals surface area (Å²) in [5, 5.41) is 10.8. The van der Waals surface area contributed by atoms with Gasteiger partial charge in [0.15, 0.2) is 0 Å². The van der Waals surface area contributed by atoms with Crippen LogP contribution in [0.1, 0.15) is 29.6 Å². The van der Waals surface area contributed by atoms with Gasteiger partial charge in [-0.3, -0.25) is 9.59 Å². The maximum absolute atomic E-state index is 13.0. The zero-order valence-corrected chi connectivity index (χ0v) is 10.2. The second kappa shape index (κ2) is 7.11. The van der Waals surface area contributed by atoms with Gasteiger partial charge in [-0.15, -0.1) is 0 Å². The van der Waals surface area contributed by atoms with Crippen molar-refractivity contribution in [2.75, 3.05) is 0 Å². The third kappa shape index (κ3) is 4.76. The number of benzene rings is 1. The molecule has 100 valence electrons. The van der Waals surface area contributed by atoms with Crippen molar-refractivity contribution in [2.45, 2.75) is 25.3 Å². The lowest BCUT2D eigenvalue weighted by molar-refractivity contribution is -0.120. The Bertz CT molecular complexity index is 511. The molecule has 0 bridgehead atoms. The second-order valence-electron chi connectivity index (χ2n) is 3.99. The van der Waals surface area contributed by atoms with E-state index in [9.17, 15) is 14.0 Å². The number of amides is 2. The second-order valence-corrected chi connectivity index (χ2v) is 3.99. The average molecular weight is 263 g/mol. The highest BCUT2D eigenvalue weighted by molar-refractivity contribution is 5.97. The minimum absolute atomic E-state index is 0.117. The van der Waals surface area contributed by atoms with Crippen molar-refractivity contribution in [3.63, 3.8) is 0 Å². The number of carbonyl (C=O) groups is 2. The lowest BCUT2D eigenvalue weighted by Gasteiger charge is -2.14. The minimum atomic E-state index is -0.857. The molecule has 1 rings (SSSR count). The molecule has 0 saturated carbocycles. The minimum Gasteiger partial charge on any atom is -0.368 e. The molecule has 3 N–H and O–H groups in total. The quantitative estimate of drug-likeness (QED) is 0.752. The molecule has 0 radical (unpaired) electrons. The molecule has 19 heavy (non-hydrogen) atoms. The molecular formula is C13H14FN3O2. The Kier molecular flexibility index (Phi) is 5.48. The number of rotatable bonds is 6. The Morgan fingerprint density at radius 1 is 1.47 bits per heavy atom. The first-order valence-electron chi connectivity index (χ1n) is 5.77. The normalized spacial score (nSPS) is 11.4. The fourth-order valence-electron chi connectivity index (χ4n) is 1.54. The van der Waals surface area contributed by atoms with Gasteiger partial charge in [0.05, 0.1) is 6.07 Å². The number of hydrogen-bond acceptors (Lipinski definition) is 3. The van der Waals surface area contributed by atoms with Gasteiger partial charge < -0.3 is 11.1 Å². The molecule has 6 heteroatoms. The van der Waals surface area contributed by atoms with Crippen molar-refractivity contribution in [3.05, 3.63) is 35.6 Å². The molecule has 0 spiro atoms. The first-order chi connectivity index (χ1) is 9.04. The van der Waals surface area contributed by atoms with Gasteiger partial charge in [-0.05, 0) is 31.0 Å². The fourth-order valence-corrected chi connectivity index (χ4v) is 1.54. The van der Waals surface area contributed by atoms with E-state index in [0.29, 0.717) is 6.42 Å². The molecule has 0 aliphatic rings. The lowest BCUT2D eigenvalue weighted by Crippen LogP contribution is -2.44. The van der Waals surface area contributed by atoms with Crippen molar-refractivity contribution in [1.82, 2.24) is 5.32 Å². The Hall–Kier alpha value is -2.42. The molecule has 0 fully saturated rings. The van der Waals surface area contributed by atoms with E-state index in [2.05, 4.69) is 5.32 Å². The number of carbonyl (C=O) groups excluding carboxylic acids is 2. The Labute approximate surface area is 110 Å². The standard InChI is InChI=1S/C13H14FN3O2/c14-10-5-3-4-9(8-10)13(19)17-11(12(16)18)6-1-2-7-15/h3-5,8,11H,1-2,6H2,(H2,16,18)(H,17,19)/t11-/m1/s1. The number of halogens is 1. The summed E-state index contributed by atoms with van der Waals surface area (Å²) in [5.41, 5.74) is 5.28. The predicted molar refractivity (Wildman–Crippen MR) is 66.3 cm³/mol. The van der Waals surface area contributed by atoms with Crippen LogP contribution in [0.5, 0.6) is 0 Å². The molecule has 0 heterocycles. The zero-order valence-electron chi connectivity index (χ0n) is 10.2. The van der Waals surface area contributed by atoms with Crippen LogP contribution in [0.3, 0.4) is 0 Å². The summed E-state index contributed by atoms with van der Waals surface area (Å²) in [4.78, 5) is 23.0. The molecule has 0 aromatic heterocycles. The molecular weight excluding hydrogens is 249 g/mol. The third-order valence-corrected chi connectivity index (χ3v) is 2.52. The van der Waals surface area contributed by atoms with Crippen LogP contribution in [-0.2, 0) is 4.79 Å². The van der Waals surface area contributed by atoms with Crippen molar-refractivity contribution < 1.29 is 14.0 Å². The number of nitrogens with one attached hydrogen (secondary N) is 1. The van der Waals surface area contributed by atoms with Crippen molar-refractivity contribution in [2.24, 2.45) is 5.73 Å². The van der Waals surface area contributed by atoms with E-state index in [1.807, 2.05) is 6.07 Å². The molecule has 5 nitrogen and oxygen atoms in total. The molecule has 0 unspecified atom stereocenters.